The predicted octanol–water partition coefficient (Wildman–Crippen LogP) is 5.77. The molecule has 20 heavy (non-hydrogen) atoms. The molecule has 0 spiro atoms. The number of nitrogens with one attached hydrogen (secondary N) is 1. The summed E-state index contributed by atoms with van der Waals surface area (Å²) in [6.07, 6.45) is 0. The minimum atomic E-state index is -0.188. The normalized spacial score (nSPS) is 12.2. The van der Waals surface area contributed by atoms with Crippen molar-refractivity contribution in [2.45, 2.75) is 6.04 Å². The highest BCUT2D eigenvalue weighted by Gasteiger charge is 2.12. The van der Waals surface area contributed by atoms with Crippen LogP contribution < -0.4 is 5.32 Å². The number of aliphatic hydroxyl groups is 1. The van der Waals surface area contributed by atoms with Crippen molar-refractivity contribution < 1.29 is 5.11 Å². The Morgan fingerprint density at radius 1 is 1.00 bits per heavy atom. The Balaban J connectivity index is 2.23. The number of halogens is 4. The third kappa shape index (κ3) is 3.98. The van der Waals surface area contributed by atoms with E-state index in [4.69, 9.17) is 11.6 Å². The lowest BCUT2D eigenvalue weighted by Gasteiger charge is -2.19. The Bertz CT molecular complexity index is 621. The van der Waals surface area contributed by atoms with Gasteiger partial charge < -0.3 is 10.4 Å². The van der Waals surface area contributed by atoms with Gasteiger partial charge >= 0.3 is 0 Å². The summed E-state index contributed by atoms with van der Waals surface area (Å²) in [6.45, 7) is -0.00564. The maximum Gasteiger partial charge on any atom is 0.0745 e. The zero-order chi connectivity index (χ0) is 14.7. The van der Waals surface area contributed by atoms with Gasteiger partial charge in [-0.3, -0.25) is 0 Å². The van der Waals surface area contributed by atoms with E-state index in [1.54, 1.807) is 6.07 Å². The summed E-state index contributed by atoms with van der Waals surface area (Å²) in [5.41, 5.74) is 1.88. The maximum absolute atomic E-state index is 9.60. The van der Waals surface area contributed by atoms with Crippen LogP contribution in [0.3, 0.4) is 0 Å². The number of hydrogen-bond acceptors (Lipinski definition) is 2. The number of aliphatic hydroxyl groups excluding tert-OH is 1. The van der Waals surface area contributed by atoms with E-state index in [1.165, 1.54) is 0 Å². The quantitative estimate of drug-likeness (QED) is 0.578. The molecule has 2 aromatic carbocycles. The third-order valence-electron chi connectivity index (χ3n) is 2.79. The van der Waals surface area contributed by atoms with E-state index in [9.17, 15) is 5.11 Å². The molecule has 2 N–H and O–H groups in total. The van der Waals surface area contributed by atoms with Crippen molar-refractivity contribution in [1.82, 2.24) is 0 Å². The van der Waals surface area contributed by atoms with Gasteiger partial charge in [0, 0.05) is 19.1 Å². The SMILES string of the molecule is OCC(Nc1ccc(Cl)c(Br)c1)c1ccc(Br)c(Br)c1. The maximum atomic E-state index is 9.60. The minimum Gasteiger partial charge on any atom is -0.394 e. The first-order valence-electron chi connectivity index (χ1n) is 5.78. The second-order valence-electron chi connectivity index (χ2n) is 4.18. The summed E-state index contributed by atoms with van der Waals surface area (Å²) >= 11 is 16.3. The molecule has 6 heteroatoms. The Kier molecular flexibility index (Phi) is 5.93. The highest BCUT2D eigenvalue weighted by Crippen LogP contribution is 2.30. The molecular formula is C14H11Br3ClNO. The number of rotatable bonds is 4. The summed E-state index contributed by atoms with van der Waals surface area (Å²) in [5, 5.41) is 13.5. The molecular weight excluding hydrogens is 473 g/mol. The van der Waals surface area contributed by atoms with E-state index in [1.807, 2.05) is 30.3 Å². The molecule has 0 heterocycles. The highest BCUT2D eigenvalue weighted by molar-refractivity contribution is 9.13. The fraction of sp³-hybridized carbons (Fsp3) is 0.143. The Labute approximate surface area is 147 Å². The molecule has 0 radical (unpaired) electrons. The van der Waals surface area contributed by atoms with Crippen molar-refractivity contribution in [3.63, 3.8) is 0 Å². The summed E-state index contributed by atoms with van der Waals surface area (Å²) in [4.78, 5) is 0. The smallest absolute Gasteiger partial charge is 0.0745 e. The average Bonchev–Trinajstić information content (AvgIpc) is 2.43. The second kappa shape index (κ2) is 7.27. The van der Waals surface area contributed by atoms with Crippen LogP contribution in [0.25, 0.3) is 0 Å². The summed E-state index contributed by atoms with van der Waals surface area (Å²) < 4.78 is 2.75. The van der Waals surface area contributed by atoms with Crippen LogP contribution in [-0.2, 0) is 0 Å². The molecule has 0 saturated carbocycles. The third-order valence-corrected chi connectivity index (χ3v) is 5.88. The molecule has 0 aliphatic rings. The molecule has 2 nitrogen and oxygen atoms in total. The van der Waals surface area contributed by atoms with Crippen LogP contribution in [0, 0.1) is 0 Å². The van der Waals surface area contributed by atoms with Crippen molar-refractivity contribution in [3.8, 4) is 0 Å². The predicted molar refractivity (Wildman–Crippen MR) is 94.4 cm³/mol. The van der Waals surface area contributed by atoms with Crippen molar-refractivity contribution >= 4 is 65.1 Å². The van der Waals surface area contributed by atoms with Crippen molar-refractivity contribution in [1.29, 1.82) is 0 Å². The topological polar surface area (TPSA) is 32.3 Å². The molecule has 106 valence electrons. The molecule has 0 aromatic heterocycles. The molecule has 0 aliphatic heterocycles. The lowest BCUT2D eigenvalue weighted by Crippen LogP contribution is -2.14. The van der Waals surface area contributed by atoms with Gasteiger partial charge in [-0.15, -0.1) is 0 Å². The fourth-order valence-corrected chi connectivity index (χ4v) is 2.89. The van der Waals surface area contributed by atoms with Crippen LogP contribution >= 0.6 is 59.4 Å². The van der Waals surface area contributed by atoms with Crippen LogP contribution in [-0.4, -0.2) is 11.7 Å². The van der Waals surface area contributed by atoms with Crippen LogP contribution in [0.5, 0.6) is 0 Å². The fourth-order valence-electron chi connectivity index (χ4n) is 1.75. The second-order valence-corrected chi connectivity index (χ2v) is 7.15. The summed E-state index contributed by atoms with van der Waals surface area (Å²) in [6, 6.07) is 11.3. The van der Waals surface area contributed by atoms with Gasteiger partial charge in [-0.2, -0.15) is 0 Å². The molecule has 0 aliphatic carbocycles. The van der Waals surface area contributed by atoms with E-state index in [0.29, 0.717) is 5.02 Å². The highest BCUT2D eigenvalue weighted by atomic mass is 79.9. The van der Waals surface area contributed by atoms with Gasteiger partial charge in [-0.1, -0.05) is 17.7 Å². The van der Waals surface area contributed by atoms with Crippen LogP contribution in [0.1, 0.15) is 11.6 Å². The average molecular weight is 484 g/mol. The van der Waals surface area contributed by atoms with Crippen LogP contribution in [0.4, 0.5) is 5.69 Å². The van der Waals surface area contributed by atoms with Gasteiger partial charge in [0.25, 0.3) is 0 Å². The Hall–Kier alpha value is -0.0700. The van der Waals surface area contributed by atoms with Crippen molar-refractivity contribution in [2.75, 3.05) is 11.9 Å². The number of anilines is 1. The monoisotopic (exact) mass is 481 g/mol. The lowest BCUT2D eigenvalue weighted by atomic mass is 10.1. The Morgan fingerprint density at radius 2 is 1.75 bits per heavy atom. The van der Waals surface area contributed by atoms with Gasteiger partial charge in [-0.05, 0) is 83.7 Å². The zero-order valence-electron chi connectivity index (χ0n) is 10.2. The minimum absolute atomic E-state index is 0.00564. The van der Waals surface area contributed by atoms with Gasteiger partial charge in [-0.25, -0.2) is 0 Å². The van der Waals surface area contributed by atoms with Crippen LogP contribution in [0.2, 0.25) is 5.02 Å². The number of hydrogen-bond donors (Lipinski definition) is 2. The number of benzene rings is 2. The van der Waals surface area contributed by atoms with Crippen molar-refractivity contribution in [2.24, 2.45) is 0 Å². The van der Waals surface area contributed by atoms with Crippen molar-refractivity contribution in [3.05, 3.63) is 60.4 Å². The molecule has 0 bridgehead atoms. The van der Waals surface area contributed by atoms with Gasteiger partial charge in [0.05, 0.1) is 17.7 Å². The van der Waals surface area contributed by atoms with E-state index in [-0.39, 0.29) is 12.6 Å². The molecule has 0 saturated heterocycles. The van der Waals surface area contributed by atoms with E-state index >= 15 is 0 Å². The van der Waals surface area contributed by atoms with Gasteiger partial charge in [0.1, 0.15) is 0 Å². The van der Waals surface area contributed by atoms with E-state index in [0.717, 1.165) is 24.7 Å². The molecule has 2 rings (SSSR count). The largest absolute Gasteiger partial charge is 0.394 e. The van der Waals surface area contributed by atoms with Crippen LogP contribution in [0.15, 0.2) is 49.8 Å². The lowest BCUT2D eigenvalue weighted by molar-refractivity contribution is 0.276. The molecule has 2 aromatic rings. The zero-order valence-corrected chi connectivity index (χ0v) is 15.7. The first kappa shape index (κ1) is 16.3. The molecule has 1 atom stereocenters. The van der Waals surface area contributed by atoms with Gasteiger partial charge in [0.2, 0.25) is 0 Å². The van der Waals surface area contributed by atoms with Gasteiger partial charge in [0.15, 0.2) is 0 Å². The van der Waals surface area contributed by atoms with E-state index < -0.39 is 0 Å². The summed E-state index contributed by atoms with van der Waals surface area (Å²) in [5.74, 6) is 0. The molecule has 0 amide bonds. The summed E-state index contributed by atoms with van der Waals surface area (Å²) in [7, 11) is 0. The first-order chi connectivity index (χ1) is 9.51. The molecule has 1 unspecified atom stereocenters. The molecule has 0 fully saturated rings. The van der Waals surface area contributed by atoms with E-state index in [2.05, 4.69) is 53.1 Å². The standard InChI is InChI=1S/C14H11Br3ClNO/c15-10-3-1-8(5-11(10)16)14(7-20)19-9-2-4-13(18)12(17)6-9/h1-6,14,19-20H,7H2. The first-order valence-corrected chi connectivity index (χ1v) is 8.54. The Morgan fingerprint density at radius 3 is 2.35 bits per heavy atom.